The molecule has 1 unspecified atom stereocenters. The van der Waals surface area contributed by atoms with Gasteiger partial charge in [0.1, 0.15) is 5.75 Å². The summed E-state index contributed by atoms with van der Waals surface area (Å²) in [6.45, 7) is 3.91. The fourth-order valence-electron chi connectivity index (χ4n) is 2.48. The molecule has 1 atom stereocenters. The van der Waals surface area contributed by atoms with Gasteiger partial charge in [-0.05, 0) is 55.7 Å². The quantitative estimate of drug-likeness (QED) is 0.851. The molecule has 0 spiro atoms. The Hall–Kier alpha value is -1.48. The molecule has 3 heteroatoms. The van der Waals surface area contributed by atoms with Gasteiger partial charge in [0.2, 0.25) is 0 Å². The van der Waals surface area contributed by atoms with E-state index in [0.717, 1.165) is 22.7 Å². The minimum absolute atomic E-state index is 0.390. The monoisotopic (exact) mass is 273 g/mol. The summed E-state index contributed by atoms with van der Waals surface area (Å²) in [5.74, 6) is 1.15. The van der Waals surface area contributed by atoms with E-state index in [1.165, 1.54) is 17.7 Å². The number of anilines is 1. The zero-order chi connectivity index (χ0) is 13.4. The molecule has 0 amide bonds. The first-order chi connectivity index (χ1) is 9.16. The molecule has 1 aliphatic carbocycles. The molecule has 0 saturated heterocycles. The highest BCUT2D eigenvalue weighted by molar-refractivity contribution is 7.10. The highest BCUT2D eigenvalue weighted by Gasteiger charge is 2.33. The van der Waals surface area contributed by atoms with Crippen molar-refractivity contribution in [3.8, 4) is 5.75 Å². The van der Waals surface area contributed by atoms with Gasteiger partial charge in [0.05, 0.1) is 6.04 Å². The van der Waals surface area contributed by atoms with E-state index in [-0.39, 0.29) is 0 Å². The standard InChI is InChI=1S/C16H19NOS/c1-10-5-8-13(11(2)16(10)18)17-15(12-6-7-12)14-4-3-9-19-14/h3-5,8-9,12,15,17-18H,6-7H2,1-2H3. The fraction of sp³-hybridized carbons (Fsp3) is 0.375. The van der Waals surface area contributed by atoms with E-state index in [2.05, 4.69) is 28.9 Å². The molecule has 1 fully saturated rings. The number of nitrogens with one attached hydrogen (secondary N) is 1. The highest BCUT2D eigenvalue weighted by Crippen LogP contribution is 2.45. The first-order valence-corrected chi connectivity index (χ1v) is 7.64. The number of hydrogen-bond acceptors (Lipinski definition) is 3. The summed E-state index contributed by atoms with van der Waals surface area (Å²) < 4.78 is 0. The minimum Gasteiger partial charge on any atom is -0.507 e. The van der Waals surface area contributed by atoms with Crippen LogP contribution in [0.3, 0.4) is 0 Å². The first-order valence-electron chi connectivity index (χ1n) is 6.76. The number of benzene rings is 1. The zero-order valence-electron chi connectivity index (χ0n) is 11.3. The molecule has 0 radical (unpaired) electrons. The number of aryl methyl sites for hydroxylation is 1. The number of thiophene rings is 1. The second kappa shape index (κ2) is 4.89. The van der Waals surface area contributed by atoms with Gasteiger partial charge >= 0.3 is 0 Å². The van der Waals surface area contributed by atoms with Crippen LogP contribution in [-0.2, 0) is 0 Å². The lowest BCUT2D eigenvalue weighted by Gasteiger charge is -2.20. The van der Waals surface area contributed by atoms with Gasteiger partial charge in [-0.2, -0.15) is 0 Å². The summed E-state index contributed by atoms with van der Waals surface area (Å²) in [7, 11) is 0. The largest absolute Gasteiger partial charge is 0.507 e. The Labute approximate surface area is 118 Å². The normalized spacial score (nSPS) is 16.3. The van der Waals surface area contributed by atoms with Gasteiger partial charge in [-0.25, -0.2) is 0 Å². The molecule has 2 aromatic rings. The van der Waals surface area contributed by atoms with E-state index in [4.69, 9.17) is 0 Å². The maximum atomic E-state index is 10.0. The predicted molar refractivity (Wildman–Crippen MR) is 81.0 cm³/mol. The molecule has 19 heavy (non-hydrogen) atoms. The second-order valence-corrected chi connectivity index (χ2v) is 6.36. The lowest BCUT2D eigenvalue weighted by molar-refractivity contribution is 0.467. The number of aromatic hydroxyl groups is 1. The minimum atomic E-state index is 0.390. The van der Waals surface area contributed by atoms with Crippen LogP contribution < -0.4 is 5.32 Å². The van der Waals surface area contributed by atoms with E-state index >= 15 is 0 Å². The summed E-state index contributed by atoms with van der Waals surface area (Å²) >= 11 is 1.81. The lowest BCUT2D eigenvalue weighted by Crippen LogP contribution is -2.12. The molecule has 0 bridgehead atoms. The van der Waals surface area contributed by atoms with Crippen LogP contribution >= 0.6 is 11.3 Å². The molecule has 3 rings (SSSR count). The lowest BCUT2D eigenvalue weighted by atomic mass is 10.1. The van der Waals surface area contributed by atoms with Crippen molar-refractivity contribution in [3.05, 3.63) is 45.6 Å². The van der Waals surface area contributed by atoms with Crippen molar-refractivity contribution in [2.24, 2.45) is 5.92 Å². The SMILES string of the molecule is Cc1ccc(NC(c2cccs2)C2CC2)c(C)c1O. The van der Waals surface area contributed by atoms with E-state index in [9.17, 15) is 5.11 Å². The van der Waals surface area contributed by atoms with Crippen molar-refractivity contribution >= 4 is 17.0 Å². The third kappa shape index (κ3) is 2.47. The Morgan fingerprint density at radius 2 is 2.05 bits per heavy atom. The van der Waals surface area contributed by atoms with Crippen molar-refractivity contribution in [3.63, 3.8) is 0 Å². The summed E-state index contributed by atoms with van der Waals surface area (Å²) in [5.41, 5.74) is 2.93. The van der Waals surface area contributed by atoms with E-state index in [0.29, 0.717) is 11.8 Å². The predicted octanol–water partition coefficient (Wildman–Crippen LogP) is 4.63. The van der Waals surface area contributed by atoms with Crippen LogP contribution in [0.1, 0.15) is 34.9 Å². The van der Waals surface area contributed by atoms with Gasteiger partial charge in [0.15, 0.2) is 0 Å². The first kappa shape index (κ1) is 12.5. The Kier molecular flexibility index (Phi) is 3.23. The van der Waals surface area contributed by atoms with Gasteiger partial charge in [-0.1, -0.05) is 12.1 Å². The Balaban J connectivity index is 1.89. The van der Waals surface area contributed by atoms with Crippen molar-refractivity contribution in [2.45, 2.75) is 32.7 Å². The molecule has 1 saturated carbocycles. The van der Waals surface area contributed by atoms with Gasteiger partial charge in [-0.3, -0.25) is 0 Å². The maximum Gasteiger partial charge on any atom is 0.123 e. The molecule has 2 N–H and O–H groups in total. The van der Waals surface area contributed by atoms with Crippen LogP contribution in [0.15, 0.2) is 29.6 Å². The number of phenolic OH excluding ortho intramolecular Hbond substituents is 1. The Morgan fingerprint density at radius 3 is 2.68 bits per heavy atom. The topological polar surface area (TPSA) is 32.3 Å². The molecule has 1 aromatic heterocycles. The second-order valence-electron chi connectivity index (χ2n) is 5.38. The number of rotatable bonds is 4. The van der Waals surface area contributed by atoms with Gasteiger partial charge in [-0.15, -0.1) is 11.3 Å². The number of phenols is 1. The van der Waals surface area contributed by atoms with Crippen molar-refractivity contribution in [2.75, 3.05) is 5.32 Å². The van der Waals surface area contributed by atoms with Crippen molar-refractivity contribution < 1.29 is 5.11 Å². The van der Waals surface area contributed by atoms with Crippen LogP contribution in [-0.4, -0.2) is 5.11 Å². The van der Waals surface area contributed by atoms with Gasteiger partial charge < -0.3 is 10.4 Å². The smallest absolute Gasteiger partial charge is 0.123 e. The summed E-state index contributed by atoms with van der Waals surface area (Å²) in [6.07, 6.45) is 2.60. The van der Waals surface area contributed by atoms with Gasteiger partial charge in [0.25, 0.3) is 0 Å². The summed E-state index contributed by atoms with van der Waals surface area (Å²) in [6, 6.07) is 8.75. The third-order valence-corrected chi connectivity index (χ3v) is 4.84. The van der Waals surface area contributed by atoms with Gasteiger partial charge in [0, 0.05) is 16.1 Å². The average molecular weight is 273 g/mol. The summed E-state index contributed by atoms with van der Waals surface area (Å²) in [5, 5.41) is 15.8. The Bertz CT molecular complexity index is 573. The summed E-state index contributed by atoms with van der Waals surface area (Å²) in [4.78, 5) is 1.39. The molecule has 1 aromatic carbocycles. The van der Waals surface area contributed by atoms with Crippen LogP contribution in [0.5, 0.6) is 5.75 Å². The Morgan fingerprint density at radius 1 is 1.26 bits per heavy atom. The van der Waals surface area contributed by atoms with E-state index < -0.39 is 0 Å². The zero-order valence-corrected chi connectivity index (χ0v) is 12.1. The molecular formula is C16H19NOS. The molecule has 1 heterocycles. The van der Waals surface area contributed by atoms with Crippen LogP contribution in [0, 0.1) is 19.8 Å². The van der Waals surface area contributed by atoms with Crippen LogP contribution in [0.25, 0.3) is 0 Å². The molecule has 1 aliphatic rings. The number of hydrogen-bond donors (Lipinski definition) is 2. The molecule has 0 aliphatic heterocycles. The average Bonchev–Trinajstić information content (AvgIpc) is 3.10. The third-order valence-electron chi connectivity index (χ3n) is 3.89. The van der Waals surface area contributed by atoms with E-state index in [1.807, 2.05) is 19.9 Å². The van der Waals surface area contributed by atoms with Crippen molar-refractivity contribution in [1.29, 1.82) is 0 Å². The maximum absolute atomic E-state index is 10.0. The highest BCUT2D eigenvalue weighted by atomic mass is 32.1. The molecular weight excluding hydrogens is 254 g/mol. The van der Waals surface area contributed by atoms with E-state index in [1.54, 1.807) is 11.3 Å². The van der Waals surface area contributed by atoms with Crippen molar-refractivity contribution in [1.82, 2.24) is 0 Å². The molecule has 100 valence electrons. The van der Waals surface area contributed by atoms with Crippen LogP contribution in [0.2, 0.25) is 0 Å². The fourth-order valence-corrected chi connectivity index (χ4v) is 3.35. The van der Waals surface area contributed by atoms with Crippen LogP contribution in [0.4, 0.5) is 5.69 Å². The molecule has 2 nitrogen and oxygen atoms in total.